The van der Waals surface area contributed by atoms with Gasteiger partial charge in [0.15, 0.2) is 5.16 Å². The first-order valence-corrected chi connectivity index (χ1v) is 9.05. The quantitative estimate of drug-likeness (QED) is 0.477. The number of carbonyl (C=O) groups is 1. The summed E-state index contributed by atoms with van der Waals surface area (Å²) in [4.78, 5) is 18.7. The molecule has 5 nitrogen and oxygen atoms in total. The van der Waals surface area contributed by atoms with Gasteiger partial charge < -0.3 is 13.9 Å². The Hall–Kier alpha value is -2.47. The van der Waals surface area contributed by atoms with E-state index in [1.807, 2.05) is 49.4 Å². The van der Waals surface area contributed by atoms with Crippen LogP contribution in [0.15, 0.2) is 58.6 Å². The lowest BCUT2D eigenvalue weighted by Gasteiger charge is -2.15. The Labute approximate surface area is 151 Å². The van der Waals surface area contributed by atoms with Crippen molar-refractivity contribution in [1.29, 1.82) is 0 Å². The molecule has 0 saturated heterocycles. The van der Waals surface area contributed by atoms with E-state index < -0.39 is 0 Å². The third-order valence-electron chi connectivity index (χ3n) is 3.87. The van der Waals surface area contributed by atoms with Crippen molar-refractivity contribution in [3.63, 3.8) is 0 Å². The predicted molar refractivity (Wildman–Crippen MR) is 101 cm³/mol. The number of aromatic nitrogens is 2. The fraction of sp³-hybridized carbons (Fsp3) is 0.263. The van der Waals surface area contributed by atoms with E-state index in [9.17, 15) is 4.79 Å². The number of hydrogen-bond acceptors (Lipinski definition) is 4. The summed E-state index contributed by atoms with van der Waals surface area (Å²) in [6.07, 6.45) is 1.84. The summed E-state index contributed by atoms with van der Waals surface area (Å²) in [7, 11) is 1.79. The van der Waals surface area contributed by atoms with E-state index in [0.29, 0.717) is 18.8 Å². The highest BCUT2D eigenvalue weighted by molar-refractivity contribution is 7.99. The van der Waals surface area contributed by atoms with E-state index >= 15 is 0 Å². The molecule has 0 bridgehead atoms. The molecule has 25 heavy (non-hydrogen) atoms. The van der Waals surface area contributed by atoms with Gasteiger partial charge >= 0.3 is 0 Å². The van der Waals surface area contributed by atoms with Crippen LogP contribution in [0.25, 0.3) is 11.0 Å². The third-order valence-corrected chi connectivity index (χ3v) is 4.83. The van der Waals surface area contributed by atoms with Gasteiger partial charge in [-0.15, -0.1) is 6.58 Å². The molecule has 0 radical (unpaired) electrons. The van der Waals surface area contributed by atoms with Crippen molar-refractivity contribution in [2.45, 2.75) is 25.2 Å². The first kappa shape index (κ1) is 17.4. The Kier molecular flexibility index (Phi) is 5.28. The van der Waals surface area contributed by atoms with Gasteiger partial charge in [-0.2, -0.15) is 0 Å². The molecule has 3 aromatic rings. The topological polar surface area (TPSA) is 51.3 Å². The fourth-order valence-electron chi connectivity index (χ4n) is 2.60. The number of furan rings is 1. The van der Waals surface area contributed by atoms with Gasteiger partial charge in [-0.05, 0) is 31.2 Å². The molecule has 0 unspecified atom stereocenters. The summed E-state index contributed by atoms with van der Waals surface area (Å²) >= 11 is 1.45. The Morgan fingerprint density at radius 1 is 1.36 bits per heavy atom. The molecule has 3 rings (SSSR count). The van der Waals surface area contributed by atoms with Gasteiger partial charge in [0.25, 0.3) is 0 Å². The Morgan fingerprint density at radius 2 is 2.16 bits per heavy atom. The molecule has 1 aromatic carbocycles. The van der Waals surface area contributed by atoms with Gasteiger partial charge in [0, 0.05) is 13.6 Å². The molecule has 2 heterocycles. The fourth-order valence-corrected chi connectivity index (χ4v) is 3.56. The first-order chi connectivity index (χ1) is 12.1. The summed E-state index contributed by atoms with van der Waals surface area (Å²) in [6.45, 7) is 6.84. The number of imidazole rings is 1. The summed E-state index contributed by atoms with van der Waals surface area (Å²) in [6, 6.07) is 11.8. The maximum atomic E-state index is 12.4. The minimum atomic E-state index is 0.0382. The SMILES string of the molecule is C=CCn1c(SCC(=O)N(C)Cc2ccc(C)o2)nc2ccccc21. The van der Waals surface area contributed by atoms with Gasteiger partial charge in [-0.25, -0.2) is 4.98 Å². The molecule has 0 spiro atoms. The van der Waals surface area contributed by atoms with Crippen LogP contribution in [0.5, 0.6) is 0 Å². The number of fused-ring (bicyclic) bond motifs is 1. The number of aryl methyl sites for hydroxylation is 1. The molecule has 2 aromatic heterocycles. The molecule has 1 amide bonds. The van der Waals surface area contributed by atoms with Crippen molar-refractivity contribution in [3.05, 3.63) is 60.6 Å². The van der Waals surface area contributed by atoms with Crippen LogP contribution < -0.4 is 0 Å². The molecule has 0 aliphatic rings. The number of hydrogen-bond donors (Lipinski definition) is 0. The molecule has 0 N–H and O–H groups in total. The molecule has 0 aliphatic heterocycles. The lowest BCUT2D eigenvalue weighted by molar-refractivity contribution is -0.127. The summed E-state index contributed by atoms with van der Waals surface area (Å²) in [5.74, 6) is 2.01. The number of amides is 1. The van der Waals surface area contributed by atoms with E-state index in [4.69, 9.17) is 4.42 Å². The predicted octanol–water partition coefficient (Wildman–Crippen LogP) is 3.87. The lowest BCUT2D eigenvalue weighted by Crippen LogP contribution is -2.27. The van der Waals surface area contributed by atoms with E-state index in [2.05, 4.69) is 16.1 Å². The largest absolute Gasteiger partial charge is 0.464 e. The average Bonchev–Trinajstić information content (AvgIpc) is 3.17. The molecule has 130 valence electrons. The van der Waals surface area contributed by atoms with Crippen molar-refractivity contribution in [1.82, 2.24) is 14.5 Å². The van der Waals surface area contributed by atoms with Crippen LogP contribution in [-0.2, 0) is 17.9 Å². The van der Waals surface area contributed by atoms with Crippen LogP contribution in [0.2, 0.25) is 0 Å². The Bertz CT molecular complexity index is 897. The monoisotopic (exact) mass is 355 g/mol. The van der Waals surface area contributed by atoms with Crippen LogP contribution in [0.3, 0.4) is 0 Å². The maximum Gasteiger partial charge on any atom is 0.233 e. The smallest absolute Gasteiger partial charge is 0.233 e. The zero-order valence-electron chi connectivity index (χ0n) is 14.4. The van der Waals surface area contributed by atoms with Crippen molar-refractivity contribution in [2.75, 3.05) is 12.8 Å². The minimum Gasteiger partial charge on any atom is -0.464 e. The highest BCUT2D eigenvalue weighted by Crippen LogP contribution is 2.24. The lowest BCUT2D eigenvalue weighted by atomic mass is 10.3. The third kappa shape index (κ3) is 3.96. The van der Waals surface area contributed by atoms with E-state index in [1.54, 1.807) is 11.9 Å². The van der Waals surface area contributed by atoms with Crippen LogP contribution in [-0.4, -0.2) is 33.2 Å². The molecule has 0 saturated carbocycles. The highest BCUT2D eigenvalue weighted by Gasteiger charge is 2.15. The van der Waals surface area contributed by atoms with Crippen LogP contribution >= 0.6 is 11.8 Å². The second-order valence-electron chi connectivity index (χ2n) is 5.83. The number of nitrogens with zero attached hydrogens (tertiary/aromatic N) is 3. The van der Waals surface area contributed by atoms with Crippen molar-refractivity contribution < 1.29 is 9.21 Å². The summed E-state index contributed by atoms with van der Waals surface area (Å²) < 4.78 is 7.61. The van der Waals surface area contributed by atoms with E-state index in [-0.39, 0.29) is 5.91 Å². The normalized spacial score (nSPS) is 11.0. The standard InChI is InChI=1S/C19H21N3O2S/c1-4-11-22-17-8-6-5-7-16(17)20-19(22)25-13-18(23)21(3)12-15-10-9-14(2)24-15/h4-10H,1,11-13H2,2-3H3. The van der Waals surface area contributed by atoms with Crippen molar-refractivity contribution in [2.24, 2.45) is 0 Å². The first-order valence-electron chi connectivity index (χ1n) is 8.06. The van der Waals surface area contributed by atoms with E-state index in [0.717, 1.165) is 27.7 Å². The highest BCUT2D eigenvalue weighted by atomic mass is 32.2. The average molecular weight is 355 g/mol. The number of allylic oxidation sites excluding steroid dienone is 1. The zero-order chi connectivity index (χ0) is 17.8. The van der Waals surface area contributed by atoms with Gasteiger partial charge in [0.2, 0.25) is 5.91 Å². The molecular formula is C19H21N3O2S. The Morgan fingerprint density at radius 3 is 2.88 bits per heavy atom. The number of para-hydroxylation sites is 2. The number of benzene rings is 1. The number of rotatable bonds is 7. The van der Waals surface area contributed by atoms with Crippen molar-refractivity contribution in [3.8, 4) is 0 Å². The maximum absolute atomic E-state index is 12.4. The van der Waals surface area contributed by atoms with Crippen molar-refractivity contribution >= 4 is 28.7 Å². The van der Waals surface area contributed by atoms with Crippen LogP contribution in [0, 0.1) is 6.92 Å². The van der Waals surface area contributed by atoms with Gasteiger partial charge in [0.1, 0.15) is 11.5 Å². The molecular weight excluding hydrogens is 334 g/mol. The van der Waals surface area contributed by atoms with E-state index in [1.165, 1.54) is 11.8 Å². The number of carbonyl (C=O) groups excluding carboxylic acids is 1. The van der Waals surface area contributed by atoms with Crippen LogP contribution in [0.1, 0.15) is 11.5 Å². The molecule has 0 atom stereocenters. The minimum absolute atomic E-state index is 0.0382. The Balaban J connectivity index is 1.68. The summed E-state index contributed by atoms with van der Waals surface area (Å²) in [5, 5.41) is 0.830. The molecule has 6 heteroatoms. The second kappa shape index (κ2) is 7.61. The summed E-state index contributed by atoms with van der Waals surface area (Å²) in [5.41, 5.74) is 1.98. The molecule has 0 aliphatic carbocycles. The van der Waals surface area contributed by atoms with Crippen LogP contribution in [0.4, 0.5) is 0 Å². The number of thioether (sulfide) groups is 1. The van der Waals surface area contributed by atoms with Gasteiger partial charge in [0.05, 0.1) is 23.3 Å². The van der Waals surface area contributed by atoms with Gasteiger partial charge in [-0.1, -0.05) is 30.0 Å². The molecule has 0 fully saturated rings. The zero-order valence-corrected chi connectivity index (χ0v) is 15.3. The second-order valence-corrected chi connectivity index (χ2v) is 6.78. The van der Waals surface area contributed by atoms with Gasteiger partial charge in [-0.3, -0.25) is 4.79 Å².